The second-order valence-electron chi connectivity index (χ2n) is 8.10. The maximum Gasteiger partial charge on any atom is 0.192 e. The molecule has 2 N–H and O–H groups in total. The number of guanidine groups is 1. The molecule has 5 unspecified atom stereocenters. The van der Waals surface area contributed by atoms with E-state index < -0.39 is 9.84 Å². The van der Waals surface area contributed by atoms with Gasteiger partial charge in [-0.1, -0.05) is 30.3 Å². The van der Waals surface area contributed by atoms with E-state index in [1.165, 1.54) is 5.56 Å². The van der Waals surface area contributed by atoms with Crippen LogP contribution in [0.3, 0.4) is 0 Å². The van der Waals surface area contributed by atoms with Crippen molar-refractivity contribution in [1.29, 1.82) is 0 Å². The van der Waals surface area contributed by atoms with E-state index in [-0.39, 0.29) is 53.8 Å². The van der Waals surface area contributed by atoms with Gasteiger partial charge in [0.2, 0.25) is 0 Å². The number of hydrogen-bond acceptors (Lipinski definition) is 4. The average Bonchev–Trinajstić information content (AvgIpc) is 3.36. The number of benzene rings is 1. The Morgan fingerprint density at radius 1 is 1.25 bits per heavy atom. The summed E-state index contributed by atoms with van der Waals surface area (Å²) in [6.45, 7) is 2.65. The summed E-state index contributed by atoms with van der Waals surface area (Å²) >= 11 is 0. The minimum Gasteiger partial charge on any atom is -0.373 e. The number of fused-ring (bicyclic) bond motifs is 2. The lowest BCUT2D eigenvalue weighted by molar-refractivity contribution is 0.0992. The quantitative estimate of drug-likeness (QED) is 0.356. The van der Waals surface area contributed by atoms with E-state index in [4.69, 9.17) is 9.73 Å². The van der Waals surface area contributed by atoms with Gasteiger partial charge in [-0.05, 0) is 44.1 Å². The van der Waals surface area contributed by atoms with Crippen molar-refractivity contribution in [3.63, 3.8) is 0 Å². The molecular weight excluding hydrogens is 489 g/mol. The van der Waals surface area contributed by atoms with Gasteiger partial charge in [0, 0.05) is 6.54 Å². The number of nitrogens with zero attached hydrogens (tertiary/aromatic N) is 1. The summed E-state index contributed by atoms with van der Waals surface area (Å²) in [5.74, 6) is 1.44. The van der Waals surface area contributed by atoms with Crippen molar-refractivity contribution in [3.05, 3.63) is 35.9 Å². The molecule has 0 saturated carbocycles. The molecule has 1 aromatic rings. The van der Waals surface area contributed by atoms with Gasteiger partial charge in [0.25, 0.3) is 0 Å². The first kappa shape index (κ1) is 21.8. The maximum atomic E-state index is 11.7. The van der Waals surface area contributed by atoms with E-state index in [1.807, 2.05) is 18.2 Å². The molecule has 3 heterocycles. The van der Waals surface area contributed by atoms with Crippen LogP contribution in [0, 0.1) is 5.92 Å². The van der Waals surface area contributed by atoms with Crippen molar-refractivity contribution in [2.75, 3.05) is 18.1 Å². The van der Waals surface area contributed by atoms with Crippen LogP contribution in [0.25, 0.3) is 0 Å². The highest BCUT2D eigenvalue weighted by molar-refractivity contribution is 14.0. The smallest absolute Gasteiger partial charge is 0.192 e. The molecule has 3 aliphatic heterocycles. The number of halogens is 1. The molecule has 6 nitrogen and oxygen atoms in total. The molecule has 1 aromatic carbocycles. The van der Waals surface area contributed by atoms with Crippen LogP contribution in [0.2, 0.25) is 0 Å². The molecule has 0 amide bonds. The van der Waals surface area contributed by atoms with E-state index >= 15 is 0 Å². The zero-order chi connectivity index (χ0) is 18.9. The summed E-state index contributed by atoms with van der Waals surface area (Å²) in [5.41, 5.74) is 1.19. The van der Waals surface area contributed by atoms with Gasteiger partial charge in [0.15, 0.2) is 15.8 Å². The molecule has 0 spiro atoms. The van der Waals surface area contributed by atoms with E-state index in [9.17, 15) is 8.42 Å². The lowest BCUT2D eigenvalue weighted by Gasteiger charge is -2.25. The summed E-state index contributed by atoms with van der Waals surface area (Å²) in [6.07, 6.45) is 4.63. The highest BCUT2D eigenvalue weighted by atomic mass is 127. The van der Waals surface area contributed by atoms with Crippen LogP contribution in [-0.2, 0) is 14.6 Å². The Hall–Kier alpha value is -0.870. The summed E-state index contributed by atoms with van der Waals surface area (Å²) in [7, 11) is -2.87. The predicted molar refractivity (Wildman–Crippen MR) is 122 cm³/mol. The van der Waals surface area contributed by atoms with Gasteiger partial charge in [0.1, 0.15) is 0 Å². The second-order valence-corrected chi connectivity index (χ2v) is 10.3. The molecule has 28 heavy (non-hydrogen) atoms. The largest absolute Gasteiger partial charge is 0.373 e. The van der Waals surface area contributed by atoms with E-state index in [1.54, 1.807) is 0 Å². The normalized spacial score (nSPS) is 32.0. The summed E-state index contributed by atoms with van der Waals surface area (Å²) in [6, 6.07) is 10.7. The lowest BCUT2D eigenvalue weighted by atomic mass is 9.96. The highest BCUT2D eigenvalue weighted by Gasteiger charge is 2.41. The standard InChI is InChI=1S/C20H29N3O3S.HI/c1-14(16-5-3-2-4-6-16)22-20(21-12-15-9-10-27(24,25)13-15)23-18-11-17-7-8-19(18)26-17;/h2-6,14-15,17-19H,7-13H2,1H3,(H2,21,22,23);1H. The molecule has 5 atom stereocenters. The third kappa shape index (κ3) is 5.38. The molecule has 3 saturated heterocycles. The van der Waals surface area contributed by atoms with Gasteiger partial charge in [0.05, 0.1) is 35.8 Å². The predicted octanol–water partition coefficient (Wildman–Crippen LogP) is 2.66. The Kier molecular flexibility index (Phi) is 7.25. The Morgan fingerprint density at radius 2 is 2.04 bits per heavy atom. The first-order chi connectivity index (χ1) is 13.0. The van der Waals surface area contributed by atoms with Crippen LogP contribution in [0.1, 0.15) is 44.2 Å². The van der Waals surface area contributed by atoms with Crippen LogP contribution < -0.4 is 10.6 Å². The summed E-state index contributed by atoms with van der Waals surface area (Å²) < 4.78 is 29.4. The molecule has 156 valence electrons. The molecule has 4 rings (SSSR count). The van der Waals surface area contributed by atoms with Gasteiger partial charge in [-0.3, -0.25) is 4.99 Å². The Bertz CT molecular complexity index is 787. The third-order valence-electron chi connectivity index (χ3n) is 5.92. The Labute approximate surface area is 184 Å². The van der Waals surface area contributed by atoms with Crippen molar-refractivity contribution >= 4 is 39.8 Å². The van der Waals surface area contributed by atoms with Crippen LogP contribution in [-0.4, -0.2) is 50.7 Å². The zero-order valence-electron chi connectivity index (χ0n) is 16.2. The summed E-state index contributed by atoms with van der Waals surface area (Å²) in [5, 5.41) is 7.06. The van der Waals surface area contributed by atoms with Crippen LogP contribution in [0.15, 0.2) is 35.3 Å². The van der Waals surface area contributed by atoms with E-state index in [0.29, 0.717) is 24.8 Å². The maximum absolute atomic E-state index is 11.7. The average molecular weight is 519 g/mol. The first-order valence-corrected chi connectivity index (χ1v) is 11.8. The lowest BCUT2D eigenvalue weighted by Crippen LogP contribution is -2.48. The summed E-state index contributed by atoms with van der Waals surface area (Å²) in [4.78, 5) is 4.76. The molecule has 0 aliphatic carbocycles. The topological polar surface area (TPSA) is 79.8 Å². The second kappa shape index (κ2) is 9.30. The monoisotopic (exact) mass is 519 g/mol. The third-order valence-corrected chi connectivity index (χ3v) is 7.75. The van der Waals surface area contributed by atoms with Crippen LogP contribution in [0.4, 0.5) is 0 Å². The van der Waals surface area contributed by atoms with Crippen LogP contribution >= 0.6 is 24.0 Å². The van der Waals surface area contributed by atoms with Crippen molar-refractivity contribution in [2.24, 2.45) is 10.9 Å². The van der Waals surface area contributed by atoms with Crippen LogP contribution in [0.5, 0.6) is 0 Å². The Morgan fingerprint density at radius 3 is 2.64 bits per heavy atom. The molecule has 2 bridgehead atoms. The minimum atomic E-state index is -2.87. The molecule has 8 heteroatoms. The van der Waals surface area contributed by atoms with Crippen molar-refractivity contribution in [1.82, 2.24) is 10.6 Å². The number of aliphatic imine (C=N–C) groups is 1. The van der Waals surface area contributed by atoms with Gasteiger partial charge in [-0.15, -0.1) is 24.0 Å². The van der Waals surface area contributed by atoms with E-state index in [2.05, 4.69) is 29.7 Å². The molecule has 3 aliphatic rings. The number of nitrogens with one attached hydrogen (secondary N) is 2. The fourth-order valence-electron chi connectivity index (χ4n) is 4.36. The zero-order valence-corrected chi connectivity index (χ0v) is 19.4. The molecule has 0 radical (unpaired) electrons. The number of hydrogen-bond donors (Lipinski definition) is 2. The van der Waals surface area contributed by atoms with Gasteiger partial charge in [-0.2, -0.15) is 0 Å². The number of sulfone groups is 1. The number of rotatable bonds is 5. The number of ether oxygens (including phenoxy) is 1. The van der Waals surface area contributed by atoms with Gasteiger partial charge < -0.3 is 15.4 Å². The first-order valence-electron chi connectivity index (χ1n) is 9.97. The van der Waals surface area contributed by atoms with Crippen molar-refractivity contribution in [3.8, 4) is 0 Å². The van der Waals surface area contributed by atoms with E-state index in [0.717, 1.165) is 25.2 Å². The fraction of sp³-hybridized carbons (Fsp3) is 0.650. The van der Waals surface area contributed by atoms with Gasteiger partial charge >= 0.3 is 0 Å². The highest BCUT2D eigenvalue weighted by Crippen LogP contribution is 2.34. The molecular formula is C20H30IN3O3S. The molecule has 3 fully saturated rings. The minimum absolute atomic E-state index is 0. The van der Waals surface area contributed by atoms with Gasteiger partial charge in [-0.25, -0.2) is 8.42 Å². The van der Waals surface area contributed by atoms with Crippen molar-refractivity contribution in [2.45, 2.75) is 56.9 Å². The fourth-order valence-corrected chi connectivity index (χ4v) is 6.21. The SMILES string of the molecule is CC(NC(=NCC1CCS(=O)(=O)C1)NC1CC2CCC1O2)c1ccccc1.I. The van der Waals surface area contributed by atoms with Crippen molar-refractivity contribution < 1.29 is 13.2 Å². The Balaban J connectivity index is 0.00000225. The molecule has 0 aromatic heterocycles.